The molecule has 0 saturated heterocycles. The Morgan fingerprint density at radius 1 is 0.680 bits per heavy atom. The molecule has 0 saturated carbocycles. The van der Waals surface area contributed by atoms with Crippen molar-refractivity contribution in [2.24, 2.45) is 29.1 Å². The molecule has 4 atom stereocenters. The van der Waals surface area contributed by atoms with Crippen LogP contribution in [0.5, 0.6) is 0 Å². The third-order valence-electron chi connectivity index (χ3n) is 7.78. The van der Waals surface area contributed by atoms with Crippen LogP contribution in [-0.4, -0.2) is 0 Å². The van der Waals surface area contributed by atoms with Crippen LogP contribution in [0, 0.1) is 29.1 Å². The molecule has 4 unspecified atom stereocenters. The summed E-state index contributed by atoms with van der Waals surface area (Å²) in [6.45, 7) is 19.5. The number of rotatable bonds is 16. The van der Waals surface area contributed by atoms with Crippen LogP contribution in [0.3, 0.4) is 0 Å². The Hall–Kier alpha value is 0. The quantitative estimate of drug-likeness (QED) is 0.243. The molecular formula is C25H52. The van der Waals surface area contributed by atoms with Crippen LogP contribution in [0.2, 0.25) is 0 Å². The zero-order chi connectivity index (χ0) is 19.3. The molecule has 0 N–H and O–H groups in total. The van der Waals surface area contributed by atoms with Crippen molar-refractivity contribution in [2.75, 3.05) is 0 Å². The molecule has 0 rings (SSSR count). The number of unbranched alkanes of at least 4 members (excludes halogenated alkanes) is 2. The van der Waals surface area contributed by atoms with E-state index in [9.17, 15) is 0 Å². The van der Waals surface area contributed by atoms with Gasteiger partial charge in [-0.1, -0.05) is 126 Å². The lowest BCUT2D eigenvalue weighted by molar-refractivity contribution is 0.0812. The van der Waals surface area contributed by atoms with Gasteiger partial charge < -0.3 is 0 Å². The lowest BCUT2D eigenvalue weighted by Gasteiger charge is -2.42. The monoisotopic (exact) mass is 352 g/mol. The second kappa shape index (κ2) is 14.1. The fourth-order valence-electron chi connectivity index (χ4n) is 4.82. The molecule has 0 spiro atoms. The first kappa shape index (κ1) is 25.0. The molecule has 0 bridgehead atoms. The Balaban J connectivity index is 4.77. The van der Waals surface area contributed by atoms with Gasteiger partial charge in [0.2, 0.25) is 0 Å². The van der Waals surface area contributed by atoms with Gasteiger partial charge in [-0.25, -0.2) is 0 Å². The molecule has 0 fully saturated rings. The third-order valence-corrected chi connectivity index (χ3v) is 7.78. The molecule has 0 aliphatic carbocycles. The van der Waals surface area contributed by atoms with Crippen molar-refractivity contribution in [1.29, 1.82) is 0 Å². The van der Waals surface area contributed by atoms with Crippen molar-refractivity contribution in [3.05, 3.63) is 0 Å². The smallest absolute Gasteiger partial charge is 0.0300 e. The summed E-state index contributed by atoms with van der Waals surface area (Å²) in [7, 11) is 0. The molecule has 25 heavy (non-hydrogen) atoms. The third kappa shape index (κ3) is 8.96. The zero-order valence-corrected chi connectivity index (χ0v) is 19.3. The van der Waals surface area contributed by atoms with Crippen molar-refractivity contribution in [1.82, 2.24) is 0 Å². The first-order valence-electron chi connectivity index (χ1n) is 11.9. The summed E-state index contributed by atoms with van der Waals surface area (Å²) in [5, 5.41) is 0. The SMILES string of the molecule is CCCCCC(CC)CCC(CC)CC(C(C)CC)C(C)(CC)CC. The highest BCUT2D eigenvalue weighted by atomic mass is 14.4. The van der Waals surface area contributed by atoms with Crippen LogP contribution >= 0.6 is 0 Å². The Labute approximate surface area is 161 Å². The van der Waals surface area contributed by atoms with Gasteiger partial charge in [0.15, 0.2) is 0 Å². The van der Waals surface area contributed by atoms with E-state index in [1.807, 2.05) is 0 Å². The Kier molecular flexibility index (Phi) is 14.1. The average molecular weight is 353 g/mol. The van der Waals surface area contributed by atoms with Gasteiger partial charge in [0, 0.05) is 0 Å². The predicted molar refractivity (Wildman–Crippen MR) is 117 cm³/mol. The van der Waals surface area contributed by atoms with Gasteiger partial charge >= 0.3 is 0 Å². The fraction of sp³-hybridized carbons (Fsp3) is 1.00. The minimum atomic E-state index is 0.536. The van der Waals surface area contributed by atoms with Gasteiger partial charge in [-0.15, -0.1) is 0 Å². The largest absolute Gasteiger partial charge is 0.0654 e. The average Bonchev–Trinajstić information content (AvgIpc) is 2.65. The van der Waals surface area contributed by atoms with E-state index < -0.39 is 0 Å². The molecule has 0 amide bonds. The van der Waals surface area contributed by atoms with E-state index in [1.54, 1.807) is 0 Å². The maximum Gasteiger partial charge on any atom is -0.0300 e. The van der Waals surface area contributed by atoms with E-state index in [4.69, 9.17) is 0 Å². The van der Waals surface area contributed by atoms with Crippen molar-refractivity contribution >= 4 is 0 Å². The van der Waals surface area contributed by atoms with E-state index in [2.05, 4.69) is 55.4 Å². The Morgan fingerprint density at radius 2 is 1.24 bits per heavy atom. The highest BCUT2D eigenvalue weighted by Crippen LogP contribution is 2.45. The fourth-order valence-corrected chi connectivity index (χ4v) is 4.82. The van der Waals surface area contributed by atoms with Crippen LogP contribution in [0.25, 0.3) is 0 Å². The Bertz CT molecular complexity index is 288. The molecule has 0 aromatic rings. The van der Waals surface area contributed by atoms with Crippen molar-refractivity contribution in [3.63, 3.8) is 0 Å². The molecule has 0 aromatic heterocycles. The molecular weight excluding hydrogens is 300 g/mol. The second-order valence-corrected chi connectivity index (χ2v) is 9.21. The summed E-state index contributed by atoms with van der Waals surface area (Å²) < 4.78 is 0. The maximum atomic E-state index is 2.57. The first-order valence-corrected chi connectivity index (χ1v) is 11.9. The van der Waals surface area contributed by atoms with E-state index in [1.165, 1.54) is 77.0 Å². The van der Waals surface area contributed by atoms with Crippen LogP contribution in [-0.2, 0) is 0 Å². The highest BCUT2D eigenvalue weighted by Gasteiger charge is 2.35. The number of hydrogen-bond acceptors (Lipinski definition) is 0. The molecule has 0 heterocycles. The van der Waals surface area contributed by atoms with Crippen LogP contribution in [0.4, 0.5) is 0 Å². The molecule has 0 aliphatic rings. The predicted octanol–water partition coefficient (Wildman–Crippen LogP) is 9.28. The Morgan fingerprint density at radius 3 is 1.68 bits per heavy atom. The van der Waals surface area contributed by atoms with Gasteiger partial charge in [-0.2, -0.15) is 0 Å². The molecule has 0 heteroatoms. The van der Waals surface area contributed by atoms with Crippen LogP contribution in [0.1, 0.15) is 132 Å². The zero-order valence-electron chi connectivity index (χ0n) is 19.3. The van der Waals surface area contributed by atoms with Crippen LogP contribution in [0.15, 0.2) is 0 Å². The summed E-state index contributed by atoms with van der Waals surface area (Å²) in [5.41, 5.74) is 0.536. The van der Waals surface area contributed by atoms with Crippen molar-refractivity contribution < 1.29 is 0 Å². The topological polar surface area (TPSA) is 0 Å². The van der Waals surface area contributed by atoms with Gasteiger partial charge in [0.1, 0.15) is 0 Å². The maximum absolute atomic E-state index is 2.57. The molecule has 0 aromatic carbocycles. The van der Waals surface area contributed by atoms with E-state index in [-0.39, 0.29) is 0 Å². The molecule has 0 radical (unpaired) electrons. The van der Waals surface area contributed by atoms with Gasteiger partial charge in [0.25, 0.3) is 0 Å². The lowest BCUT2D eigenvalue weighted by Crippen LogP contribution is -2.33. The van der Waals surface area contributed by atoms with E-state index in [0.717, 1.165) is 23.7 Å². The molecule has 0 aliphatic heterocycles. The second-order valence-electron chi connectivity index (χ2n) is 9.21. The van der Waals surface area contributed by atoms with Crippen LogP contribution < -0.4 is 0 Å². The summed E-state index contributed by atoms with van der Waals surface area (Å²) in [4.78, 5) is 0. The van der Waals surface area contributed by atoms with Gasteiger partial charge in [-0.3, -0.25) is 0 Å². The summed E-state index contributed by atoms with van der Waals surface area (Å²) >= 11 is 0. The van der Waals surface area contributed by atoms with Gasteiger partial charge in [0.05, 0.1) is 0 Å². The van der Waals surface area contributed by atoms with E-state index >= 15 is 0 Å². The molecule has 0 nitrogen and oxygen atoms in total. The van der Waals surface area contributed by atoms with Crippen molar-refractivity contribution in [3.8, 4) is 0 Å². The summed E-state index contributed by atoms with van der Waals surface area (Å²) in [6, 6.07) is 0. The van der Waals surface area contributed by atoms with Gasteiger partial charge in [-0.05, 0) is 35.5 Å². The highest BCUT2D eigenvalue weighted by molar-refractivity contribution is 4.85. The normalized spacial score (nSPS) is 17.3. The minimum Gasteiger partial charge on any atom is -0.0654 e. The summed E-state index contributed by atoms with van der Waals surface area (Å²) in [6.07, 6.45) is 16.9. The first-order chi connectivity index (χ1) is 11.9. The lowest BCUT2D eigenvalue weighted by atomic mass is 9.63. The number of hydrogen-bond donors (Lipinski definition) is 0. The summed E-state index contributed by atoms with van der Waals surface area (Å²) in [5.74, 6) is 3.69. The molecule has 152 valence electrons. The van der Waals surface area contributed by atoms with Crippen molar-refractivity contribution in [2.45, 2.75) is 132 Å². The van der Waals surface area contributed by atoms with E-state index in [0.29, 0.717) is 5.41 Å². The minimum absolute atomic E-state index is 0.536. The standard InChI is InChI=1S/C25H52/c1-9-15-16-17-22(11-3)18-19-23(12-4)20-24(21(7)10-2)25(8,13-5)14-6/h21-24H,9-20H2,1-8H3.